The highest BCUT2D eigenvalue weighted by atomic mass is 32.2. The van der Waals surface area contributed by atoms with E-state index >= 15 is 0 Å². The Morgan fingerprint density at radius 1 is 1.00 bits per heavy atom. The maximum Gasteiger partial charge on any atom is 0.338 e. The van der Waals surface area contributed by atoms with Gasteiger partial charge in [0.2, 0.25) is 10.0 Å². The van der Waals surface area contributed by atoms with Gasteiger partial charge >= 0.3 is 5.97 Å². The van der Waals surface area contributed by atoms with Crippen LogP contribution in [0.25, 0.3) is 0 Å². The van der Waals surface area contributed by atoms with Gasteiger partial charge in [-0.05, 0) is 60.7 Å². The van der Waals surface area contributed by atoms with Gasteiger partial charge in [0, 0.05) is 0 Å². The zero-order chi connectivity index (χ0) is 20.7. The van der Waals surface area contributed by atoms with Crippen molar-refractivity contribution in [3.05, 3.63) is 84.1 Å². The van der Waals surface area contributed by atoms with E-state index in [-0.39, 0.29) is 36.0 Å². The summed E-state index contributed by atoms with van der Waals surface area (Å²) in [6.07, 6.45) is 1.45. The number of benzene rings is 2. The Hall–Kier alpha value is -3.17. The van der Waals surface area contributed by atoms with Gasteiger partial charge in [0.05, 0.1) is 23.3 Å². The van der Waals surface area contributed by atoms with Crippen LogP contribution in [0.15, 0.2) is 76.2 Å². The van der Waals surface area contributed by atoms with E-state index in [1.165, 1.54) is 54.8 Å². The summed E-state index contributed by atoms with van der Waals surface area (Å²) in [4.78, 5) is 12.1. The van der Waals surface area contributed by atoms with E-state index in [9.17, 15) is 17.6 Å². The molecule has 7 nitrogen and oxygen atoms in total. The quantitative estimate of drug-likeness (QED) is 0.423. The largest absolute Gasteiger partial charge is 0.490 e. The van der Waals surface area contributed by atoms with Crippen molar-refractivity contribution < 1.29 is 31.5 Å². The minimum atomic E-state index is -3.74. The maximum atomic E-state index is 12.8. The summed E-state index contributed by atoms with van der Waals surface area (Å²) in [6.45, 7) is 0.106. The molecule has 0 aliphatic heterocycles. The zero-order valence-corrected chi connectivity index (χ0v) is 16.0. The third-order valence-electron chi connectivity index (χ3n) is 3.82. The van der Waals surface area contributed by atoms with Crippen LogP contribution >= 0.6 is 0 Å². The zero-order valence-electron chi connectivity index (χ0n) is 15.2. The fraction of sp³-hybridized carbons (Fsp3) is 0.150. The monoisotopic (exact) mass is 419 g/mol. The summed E-state index contributed by atoms with van der Waals surface area (Å²) >= 11 is 0. The fourth-order valence-corrected chi connectivity index (χ4v) is 3.33. The molecule has 3 aromatic rings. The third-order valence-corrected chi connectivity index (χ3v) is 5.23. The van der Waals surface area contributed by atoms with Gasteiger partial charge in [-0.1, -0.05) is 0 Å². The van der Waals surface area contributed by atoms with E-state index < -0.39 is 16.0 Å². The van der Waals surface area contributed by atoms with E-state index in [2.05, 4.69) is 4.72 Å². The molecule has 0 saturated carbocycles. The Morgan fingerprint density at radius 2 is 1.72 bits per heavy atom. The van der Waals surface area contributed by atoms with Crippen LogP contribution in [0, 0.1) is 5.82 Å². The Balaban J connectivity index is 1.48. The average molecular weight is 419 g/mol. The van der Waals surface area contributed by atoms with Gasteiger partial charge in [0.1, 0.15) is 30.5 Å². The number of rotatable bonds is 9. The van der Waals surface area contributed by atoms with Crippen LogP contribution in [0.5, 0.6) is 5.75 Å². The Labute approximate surface area is 167 Å². The summed E-state index contributed by atoms with van der Waals surface area (Å²) in [5.41, 5.74) is 0.205. The molecule has 9 heteroatoms. The van der Waals surface area contributed by atoms with Gasteiger partial charge in [0.25, 0.3) is 0 Å². The Kier molecular flexibility index (Phi) is 6.63. The minimum Gasteiger partial charge on any atom is -0.490 e. The number of esters is 1. The lowest BCUT2D eigenvalue weighted by Gasteiger charge is -2.08. The van der Waals surface area contributed by atoms with Crippen molar-refractivity contribution in [1.82, 2.24) is 4.72 Å². The van der Waals surface area contributed by atoms with Crippen molar-refractivity contribution in [3.63, 3.8) is 0 Å². The molecule has 0 unspecified atom stereocenters. The minimum absolute atomic E-state index is 0.0129. The number of carbonyl (C=O) groups is 1. The highest BCUT2D eigenvalue weighted by Crippen LogP contribution is 2.13. The predicted octanol–water partition coefficient (Wildman–Crippen LogP) is 3.13. The topological polar surface area (TPSA) is 94.8 Å². The van der Waals surface area contributed by atoms with Crippen LogP contribution in [0.3, 0.4) is 0 Å². The second-order valence-electron chi connectivity index (χ2n) is 5.87. The van der Waals surface area contributed by atoms with Crippen LogP contribution in [0.1, 0.15) is 16.1 Å². The normalized spacial score (nSPS) is 11.2. The summed E-state index contributed by atoms with van der Waals surface area (Å²) < 4.78 is 55.2. The molecule has 29 heavy (non-hydrogen) atoms. The third kappa shape index (κ3) is 5.90. The number of ether oxygens (including phenoxy) is 2. The van der Waals surface area contributed by atoms with Crippen molar-refractivity contribution >= 4 is 16.0 Å². The predicted molar refractivity (Wildman–Crippen MR) is 101 cm³/mol. The molecular formula is C20H18FNO6S. The first kappa shape index (κ1) is 20.6. The molecule has 0 atom stereocenters. The fourth-order valence-electron chi connectivity index (χ4n) is 2.34. The molecule has 0 saturated heterocycles. The van der Waals surface area contributed by atoms with Crippen LogP contribution in [-0.4, -0.2) is 27.6 Å². The number of hydrogen-bond acceptors (Lipinski definition) is 6. The second kappa shape index (κ2) is 9.35. The average Bonchev–Trinajstić information content (AvgIpc) is 3.25. The number of carbonyl (C=O) groups excluding carboxylic acids is 1. The van der Waals surface area contributed by atoms with Crippen LogP contribution in [-0.2, 0) is 21.3 Å². The van der Waals surface area contributed by atoms with Crippen molar-refractivity contribution in [2.45, 2.75) is 11.4 Å². The molecule has 0 aliphatic rings. The molecule has 1 heterocycles. The van der Waals surface area contributed by atoms with E-state index in [1.807, 2.05) is 0 Å². The molecule has 152 valence electrons. The van der Waals surface area contributed by atoms with E-state index in [0.717, 1.165) is 0 Å². The number of furan rings is 1. The van der Waals surface area contributed by atoms with Crippen molar-refractivity contribution in [3.8, 4) is 5.75 Å². The van der Waals surface area contributed by atoms with Crippen LogP contribution < -0.4 is 9.46 Å². The lowest BCUT2D eigenvalue weighted by atomic mass is 10.2. The molecule has 2 aromatic carbocycles. The first-order chi connectivity index (χ1) is 13.9. The van der Waals surface area contributed by atoms with Gasteiger partial charge in [-0.2, -0.15) is 0 Å². The van der Waals surface area contributed by atoms with Crippen molar-refractivity contribution in [2.24, 2.45) is 0 Å². The summed E-state index contributed by atoms with van der Waals surface area (Å²) in [5.74, 6) is -0.0405. The van der Waals surface area contributed by atoms with Crippen molar-refractivity contribution in [2.75, 3.05) is 13.2 Å². The molecule has 0 bridgehead atoms. The SMILES string of the molecule is O=C(OCCOc1ccc(F)cc1)c1ccc(S(=O)(=O)NCc2ccco2)cc1. The number of hydrogen-bond donors (Lipinski definition) is 1. The van der Waals surface area contributed by atoms with Crippen LogP contribution in [0.4, 0.5) is 4.39 Å². The Morgan fingerprint density at radius 3 is 2.38 bits per heavy atom. The van der Waals surface area contributed by atoms with Gasteiger partial charge in [-0.25, -0.2) is 22.3 Å². The van der Waals surface area contributed by atoms with Gasteiger partial charge in [-0.3, -0.25) is 0 Å². The lowest BCUT2D eigenvalue weighted by molar-refractivity contribution is 0.0450. The molecule has 0 amide bonds. The number of halogens is 1. The molecule has 0 spiro atoms. The molecule has 1 aromatic heterocycles. The van der Waals surface area contributed by atoms with Gasteiger partial charge in [-0.15, -0.1) is 0 Å². The van der Waals surface area contributed by atoms with E-state index in [0.29, 0.717) is 11.5 Å². The number of nitrogens with one attached hydrogen (secondary N) is 1. The highest BCUT2D eigenvalue weighted by molar-refractivity contribution is 7.89. The molecule has 0 radical (unpaired) electrons. The molecular weight excluding hydrogens is 401 g/mol. The summed E-state index contributed by atoms with van der Waals surface area (Å²) in [7, 11) is -3.74. The summed E-state index contributed by atoms with van der Waals surface area (Å²) in [5, 5.41) is 0. The van der Waals surface area contributed by atoms with E-state index in [4.69, 9.17) is 13.9 Å². The maximum absolute atomic E-state index is 12.8. The van der Waals surface area contributed by atoms with E-state index in [1.54, 1.807) is 12.1 Å². The molecule has 3 rings (SSSR count). The number of sulfonamides is 1. The highest BCUT2D eigenvalue weighted by Gasteiger charge is 2.16. The first-order valence-corrected chi connectivity index (χ1v) is 10.1. The Bertz CT molecular complexity index is 1030. The summed E-state index contributed by atoms with van der Waals surface area (Å²) in [6, 6.07) is 14.1. The lowest BCUT2D eigenvalue weighted by Crippen LogP contribution is -2.23. The molecule has 0 fully saturated rings. The molecule has 0 aliphatic carbocycles. The van der Waals surface area contributed by atoms with Crippen LogP contribution in [0.2, 0.25) is 0 Å². The van der Waals surface area contributed by atoms with Gasteiger partial charge < -0.3 is 13.9 Å². The van der Waals surface area contributed by atoms with Crippen molar-refractivity contribution in [1.29, 1.82) is 0 Å². The van der Waals surface area contributed by atoms with Gasteiger partial charge in [0.15, 0.2) is 0 Å². The standard InChI is InChI=1S/C20H18FNO6S/c21-16-5-7-17(8-6-16)27-12-13-28-20(23)15-3-9-19(10-4-15)29(24,25)22-14-18-2-1-11-26-18/h1-11,22H,12-14H2. The second-order valence-corrected chi connectivity index (χ2v) is 7.63. The first-order valence-electron chi connectivity index (χ1n) is 8.62. The smallest absolute Gasteiger partial charge is 0.338 e. The molecule has 1 N–H and O–H groups in total.